The summed E-state index contributed by atoms with van der Waals surface area (Å²) in [5, 5.41) is 9.07. The highest BCUT2D eigenvalue weighted by Gasteiger charge is 2.37. The van der Waals surface area contributed by atoms with Gasteiger partial charge < -0.3 is 5.11 Å². The average molecular weight is 315 g/mol. The van der Waals surface area contributed by atoms with Crippen LogP contribution in [-0.2, 0) is 16.6 Å². The Morgan fingerprint density at radius 3 is 2.57 bits per heavy atom. The van der Waals surface area contributed by atoms with E-state index in [4.69, 9.17) is 5.11 Å². The molecule has 0 saturated carbocycles. The molecular formula is C15H22FNO3S. The standard InChI is InChI=1S/C15H22FNO3S/c1-15(2,3)12-6-7-17(9-12)21(19,20)13-4-5-14(16)11(8-13)10-18/h4-5,8,12,18H,6-7,9-10H2,1-3H3. The van der Waals surface area contributed by atoms with E-state index in [1.54, 1.807) is 0 Å². The van der Waals surface area contributed by atoms with Gasteiger partial charge in [-0.3, -0.25) is 0 Å². The van der Waals surface area contributed by atoms with Gasteiger partial charge in [-0.2, -0.15) is 4.31 Å². The van der Waals surface area contributed by atoms with E-state index < -0.39 is 22.4 Å². The molecule has 1 atom stereocenters. The first-order valence-electron chi connectivity index (χ1n) is 7.05. The molecule has 1 heterocycles. The maximum absolute atomic E-state index is 13.4. The molecule has 1 aromatic carbocycles. The zero-order valence-corrected chi connectivity index (χ0v) is 13.5. The number of rotatable bonds is 3. The van der Waals surface area contributed by atoms with Gasteiger partial charge in [-0.15, -0.1) is 0 Å². The van der Waals surface area contributed by atoms with E-state index in [9.17, 15) is 12.8 Å². The lowest BCUT2D eigenvalue weighted by Gasteiger charge is -2.26. The van der Waals surface area contributed by atoms with Gasteiger partial charge in [-0.05, 0) is 36.0 Å². The average Bonchev–Trinajstić information content (AvgIpc) is 2.89. The summed E-state index contributed by atoms with van der Waals surface area (Å²) in [5.41, 5.74) is 0.0613. The minimum Gasteiger partial charge on any atom is -0.392 e. The molecule has 1 fully saturated rings. The lowest BCUT2D eigenvalue weighted by atomic mass is 9.80. The number of hydrogen-bond donors (Lipinski definition) is 1. The smallest absolute Gasteiger partial charge is 0.243 e. The monoisotopic (exact) mass is 315 g/mol. The van der Waals surface area contributed by atoms with Crippen LogP contribution in [0.3, 0.4) is 0 Å². The van der Waals surface area contributed by atoms with Crippen molar-refractivity contribution in [2.45, 2.75) is 38.7 Å². The summed E-state index contributed by atoms with van der Waals surface area (Å²) in [5.74, 6) is -0.282. The van der Waals surface area contributed by atoms with Crippen molar-refractivity contribution in [3.8, 4) is 0 Å². The van der Waals surface area contributed by atoms with Crippen LogP contribution in [0.15, 0.2) is 23.1 Å². The Morgan fingerprint density at radius 2 is 2.05 bits per heavy atom. The predicted molar refractivity (Wildman–Crippen MR) is 78.6 cm³/mol. The normalized spacial score (nSPS) is 20.9. The molecule has 1 aliphatic heterocycles. The fourth-order valence-electron chi connectivity index (χ4n) is 2.64. The fraction of sp³-hybridized carbons (Fsp3) is 0.600. The summed E-state index contributed by atoms with van der Waals surface area (Å²) < 4.78 is 40.1. The van der Waals surface area contributed by atoms with Crippen molar-refractivity contribution in [2.75, 3.05) is 13.1 Å². The molecule has 21 heavy (non-hydrogen) atoms. The second-order valence-corrected chi connectivity index (χ2v) is 8.56. The minimum absolute atomic E-state index is 0.00245. The predicted octanol–water partition coefficient (Wildman–Crippen LogP) is 2.37. The summed E-state index contributed by atoms with van der Waals surface area (Å²) in [6.45, 7) is 6.77. The number of aliphatic hydroxyl groups excluding tert-OH is 1. The van der Waals surface area contributed by atoms with E-state index in [1.807, 2.05) is 0 Å². The first-order valence-corrected chi connectivity index (χ1v) is 8.49. The minimum atomic E-state index is -3.63. The molecular weight excluding hydrogens is 293 g/mol. The Hall–Kier alpha value is -0.980. The number of sulfonamides is 1. The summed E-state index contributed by atoms with van der Waals surface area (Å²) in [7, 11) is -3.63. The molecule has 118 valence electrons. The van der Waals surface area contributed by atoms with Gasteiger partial charge in [0.15, 0.2) is 0 Å². The molecule has 6 heteroatoms. The highest BCUT2D eigenvalue weighted by atomic mass is 32.2. The summed E-state index contributed by atoms with van der Waals surface area (Å²) >= 11 is 0. The van der Waals surface area contributed by atoms with Crippen molar-refractivity contribution >= 4 is 10.0 Å². The highest BCUT2D eigenvalue weighted by Crippen LogP contribution is 2.35. The topological polar surface area (TPSA) is 57.6 Å². The van der Waals surface area contributed by atoms with Crippen molar-refractivity contribution < 1.29 is 17.9 Å². The van der Waals surface area contributed by atoms with Crippen LogP contribution in [0.25, 0.3) is 0 Å². The van der Waals surface area contributed by atoms with E-state index in [-0.39, 0.29) is 15.9 Å². The van der Waals surface area contributed by atoms with Gasteiger partial charge >= 0.3 is 0 Å². The molecule has 0 amide bonds. The third-order valence-corrected chi connectivity index (χ3v) is 6.06. The van der Waals surface area contributed by atoms with Crippen LogP contribution in [0.2, 0.25) is 0 Å². The van der Waals surface area contributed by atoms with Crippen molar-refractivity contribution in [1.29, 1.82) is 0 Å². The lowest BCUT2D eigenvalue weighted by molar-refractivity contribution is 0.252. The quantitative estimate of drug-likeness (QED) is 0.931. The van der Waals surface area contributed by atoms with E-state index in [0.717, 1.165) is 12.5 Å². The second-order valence-electron chi connectivity index (χ2n) is 6.63. The number of nitrogens with zero attached hydrogens (tertiary/aromatic N) is 1. The van der Waals surface area contributed by atoms with Gasteiger partial charge in [0.2, 0.25) is 10.0 Å². The summed E-state index contributed by atoms with van der Waals surface area (Å²) in [4.78, 5) is 0.0440. The van der Waals surface area contributed by atoms with Crippen LogP contribution in [0, 0.1) is 17.2 Å². The van der Waals surface area contributed by atoms with Gasteiger partial charge in [0.25, 0.3) is 0 Å². The molecule has 1 N–H and O–H groups in total. The first-order chi connectivity index (χ1) is 9.66. The fourth-order valence-corrected chi connectivity index (χ4v) is 4.19. The maximum atomic E-state index is 13.4. The van der Waals surface area contributed by atoms with Crippen LogP contribution in [-0.4, -0.2) is 30.9 Å². The molecule has 0 bridgehead atoms. The molecule has 1 aliphatic rings. The van der Waals surface area contributed by atoms with Crippen molar-refractivity contribution in [3.05, 3.63) is 29.6 Å². The Kier molecular flexibility index (Phi) is 4.42. The molecule has 0 spiro atoms. The van der Waals surface area contributed by atoms with Gasteiger partial charge in [0, 0.05) is 18.7 Å². The van der Waals surface area contributed by atoms with Gasteiger partial charge in [0.1, 0.15) is 5.82 Å². The lowest BCUT2D eigenvalue weighted by Crippen LogP contribution is -2.31. The van der Waals surface area contributed by atoms with E-state index in [0.29, 0.717) is 19.0 Å². The van der Waals surface area contributed by atoms with Crippen molar-refractivity contribution in [1.82, 2.24) is 4.31 Å². The Morgan fingerprint density at radius 1 is 1.38 bits per heavy atom. The first kappa shape index (κ1) is 16.4. The van der Waals surface area contributed by atoms with E-state index >= 15 is 0 Å². The molecule has 1 unspecified atom stereocenters. The van der Waals surface area contributed by atoms with Crippen LogP contribution < -0.4 is 0 Å². The van der Waals surface area contributed by atoms with E-state index in [2.05, 4.69) is 20.8 Å². The molecule has 1 aromatic rings. The molecule has 0 radical (unpaired) electrons. The molecule has 1 saturated heterocycles. The summed E-state index contributed by atoms with van der Waals surface area (Å²) in [6, 6.07) is 3.57. The summed E-state index contributed by atoms with van der Waals surface area (Å²) in [6.07, 6.45) is 0.830. The van der Waals surface area contributed by atoms with Crippen LogP contribution >= 0.6 is 0 Å². The Balaban J connectivity index is 2.27. The van der Waals surface area contributed by atoms with Crippen LogP contribution in [0.5, 0.6) is 0 Å². The van der Waals surface area contributed by atoms with E-state index in [1.165, 1.54) is 16.4 Å². The van der Waals surface area contributed by atoms with Gasteiger partial charge in [-0.1, -0.05) is 20.8 Å². The number of halogens is 1. The number of benzene rings is 1. The van der Waals surface area contributed by atoms with Crippen LogP contribution in [0.1, 0.15) is 32.8 Å². The van der Waals surface area contributed by atoms with Gasteiger partial charge in [0.05, 0.1) is 11.5 Å². The Bertz CT molecular complexity index is 622. The number of aliphatic hydroxyl groups is 1. The molecule has 2 rings (SSSR count). The third-order valence-electron chi connectivity index (χ3n) is 4.20. The molecule has 4 nitrogen and oxygen atoms in total. The molecule has 0 aromatic heterocycles. The van der Waals surface area contributed by atoms with Crippen LogP contribution in [0.4, 0.5) is 4.39 Å². The largest absolute Gasteiger partial charge is 0.392 e. The van der Waals surface area contributed by atoms with Crippen molar-refractivity contribution in [3.63, 3.8) is 0 Å². The third kappa shape index (κ3) is 3.27. The van der Waals surface area contributed by atoms with Gasteiger partial charge in [-0.25, -0.2) is 12.8 Å². The maximum Gasteiger partial charge on any atom is 0.243 e. The zero-order valence-electron chi connectivity index (χ0n) is 12.6. The zero-order chi connectivity index (χ0) is 15.8. The Labute approximate surface area is 125 Å². The highest BCUT2D eigenvalue weighted by molar-refractivity contribution is 7.89. The number of hydrogen-bond acceptors (Lipinski definition) is 3. The second kappa shape index (κ2) is 5.66. The molecule has 0 aliphatic carbocycles. The SMILES string of the molecule is CC(C)(C)C1CCN(S(=O)(=O)c2ccc(F)c(CO)c2)C1. The van der Waals surface area contributed by atoms with Crippen molar-refractivity contribution in [2.24, 2.45) is 11.3 Å².